The number of rotatable bonds is 4. The van der Waals surface area contributed by atoms with Crippen molar-refractivity contribution in [3.8, 4) is 0 Å². The molecule has 2 nitrogen and oxygen atoms in total. The number of piperidine rings is 1. The summed E-state index contributed by atoms with van der Waals surface area (Å²) in [5, 5.41) is 3.55. The number of likely N-dealkylation sites (tertiary alicyclic amines) is 1. The Morgan fingerprint density at radius 2 is 2.15 bits per heavy atom. The third-order valence-corrected chi connectivity index (χ3v) is 3.02. The maximum Gasteiger partial charge on any atom is 0.00939 e. The van der Waals surface area contributed by atoms with Crippen LogP contribution in [-0.4, -0.2) is 36.6 Å². The molecule has 0 aromatic rings. The van der Waals surface area contributed by atoms with Gasteiger partial charge in [0, 0.05) is 12.1 Å². The first-order chi connectivity index (χ1) is 6.27. The zero-order valence-electron chi connectivity index (χ0n) is 9.34. The van der Waals surface area contributed by atoms with Crippen LogP contribution in [0.1, 0.15) is 40.0 Å². The Morgan fingerprint density at radius 3 is 2.69 bits per heavy atom. The summed E-state index contributed by atoms with van der Waals surface area (Å²) in [5.41, 5.74) is 0. The van der Waals surface area contributed by atoms with Crippen molar-refractivity contribution in [2.75, 3.05) is 19.6 Å². The molecule has 0 aliphatic carbocycles. The van der Waals surface area contributed by atoms with E-state index in [2.05, 4.69) is 31.0 Å². The molecule has 13 heavy (non-hydrogen) atoms. The molecule has 2 heteroatoms. The highest BCUT2D eigenvalue weighted by Gasteiger charge is 2.23. The maximum absolute atomic E-state index is 3.55. The van der Waals surface area contributed by atoms with Gasteiger partial charge in [-0.3, -0.25) is 0 Å². The van der Waals surface area contributed by atoms with Crippen LogP contribution in [0.5, 0.6) is 0 Å². The van der Waals surface area contributed by atoms with Gasteiger partial charge in [0.15, 0.2) is 0 Å². The molecule has 0 bridgehead atoms. The minimum absolute atomic E-state index is 0.771. The standard InChI is InChI=1S/C11H24N2/c1-4-7-13-8-6-11(12-5-2)9-10(13)3/h10-12H,4-9H2,1-3H3. The lowest BCUT2D eigenvalue weighted by molar-refractivity contribution is 0.137. The molecule has 0 aromatic carbocycles. The summed E-state index contributed by atoms with van der Waals surface area (Å²) >= 11 is 0. The van der Waals surface area contributed by atoms with E-state index in [1.165, 1.54) is 32.4 Å². The zero-order valence-corrected chi connectivity index (χ0v) is 9.34. The summed E-state index contributed by atoms with van der Waals surface area (Å²) in [7, 11) is 0. The van der Waals surface area contributed by atoms with Gasteiger partial charge < -0.3 is 10.2 Å². The van der Waals surface area contributed by atoms with Crippen LogP contribution in [0.15, 0.2) is 0 Å². The molecule has 2 atom stereocenters. The van der Waals surface area contributed by atoms with E-state index in [-0.39, 0.29) is 0 Å². The fraction of sp³-hybridized carbons (Fsp3) is 1.00. The fourth-order valence-electron chi connectivity index (χ4n) is 2.31. The first kappa shape index (κ1) is 11.0. The van der Waals surface area contributed by atoms with E-state index >= 15 is 0 Å². The highest BCUT2D eigenvalue weighted by Crippen LogP contribution is 2.17. The van der Waals surface area contributed by atoms with Gasteiger partial charge in [0.05, 0.1) is 0 Å². The number of hydrogen-bond donors (Lipinski definition) is 1. The van der Waals surface area contributed by atoms with Crippen LogP contribution in [-0.2, 0) is 0 Å². The molecular formula is C11H24N2. The van der Waals surface area contributed by atoms with E-state index in [0.29, 0.717) is 0 Å². The van der Waals surface area contributed by atoms with E-state index < -0.39 is 0 Å². The van der Waals surface area contributed by atoms with Crippen LogP contribution < -0.4 is 5.32 Å². The lowest BCUT2D eigenvalue weighted by atomic mass is 9.98. The van der Waals surface area contributed by atoms with Crippen LogP contribution in [0.25, 0.3) is 0 Å². The van der Waals surface area contributed by atoms with Crippen LogP contribution in [0.4, 0.5) is 0 Å². The fourth-order valence-corrected chi connectivity index (χ4v) is 2.31. The zero-order chi connectivity index (χ0) is 9.68. The maximum atomic E-state index is 3.55. The average molecular weight is 184 g/mol. The topological polar surface area (TPSA) is 15.3 Å². The largest absolute Gasteiger partial charge is 0.314 e. The number of nitrogens with zero attached hydrogens (tertiary/aromatic N) is 1. The van der Waals surface area contributed by atoms with Gasteiger partial charge in [-0.15, -0.1) is 0 Å². The normalized spacial score (nSPS) is 30.7. The van der Waals surface area contributed by atoms with Crippen molar-refractivity contribution in [2.24, 2.45) is 0 Å². The second-order valence-corrected chi connectivity index (χ2v) is 4.16. The second-order valence-electron chi connectivity index (χ2n) is 4.16. The molecule has 1 saturated heterocycles. The van der Waals surface area contributed by atoms with E-state index in [9.17, 15) is 0 Å². The molecular weight excluding hydrogens is 160 g/mol. The summed E-state index contributed by atoms with van der Waals surface area (Å²) < 4.78 is 0. The molecule has 1 aliphatic rings. The Labute approximate surface area is 82.7 Å². The van der Waals surface area contributed by atoms with Gasteiger partial charge in [-0.05, 0) is 45.8 Å². The van der Waals surface area contributed by atoms with Crippen molar-refractivity contribution < 1.29 is 0 Å². The van der Waals surface area contributed by atoms with Crippen molar-refractivity contribution in [1.82, 2.24) is 10.2 Å². The molecule has 0 radical (unpaired) electrons. The molecule has 2 unspecified atom stereocenters. The molecule has 1 rings (SSSR count). The predicted octanol–water partition coefficient (Wildman–Crippen LogP) is 1.86. The Kier molecular flexibility index (Phi) is 4.74. The molecule has 1 aliphatic heterocycles. The highest BCUT2D eigenvalue weighted by molar-refractivity contribution is 4.82. The van der Waals surface area contributed by atoms with Gasteiger partial charge in [-0.25, -0.2) is 0 Å². The smallest absolute Gasteiger partial charge is 0.00939 e. The predicted molar refractivity (Wildman–Crippen MR) is 58.0 cm³/mol. The highest BCUT2D eigenvalue weighted by atomic mass is 15.2. The Hall–Kier alpha value is -0.0800. The summed E-state index contributed by atoms with van der Waals surface area (Å²) in [6.07, 6.45) is 3.95. The minimum Gasteiger partial charge on any atom is -0.314 e. The van der Waals surface area contributed by atoms with Crippen LogP contribution in [0.2, 0.25) is 0 Å². The van der Waals surface area contributed by atoms with Crippen molar-refractivity contribution in [3.05, 3.63) is 0 Å². The average Bonchev–Trinajstić information content (AvgIpc) is 2.10. The van der Waals surface area contributed by atoms with E-state index in [0.717, 1.165) is 18.6 Å². The summed E-state index contributed by atoms with van der Waals surface area (Å²) in [6, 6.07) is 1.55. The third-order valence-electron chi connectivity index (χ3n) is 3.02. The van der Waals surface area contributed by atoms with Crippen molar-refractivity contribution >= 4 is 0 Å². The summed E-state index contributed by atoms with van der Waals surface area (Å²) in [4.78, 5) is 2.62. The first-order valence-electron chi connectivity index (χ1n) is 5.75. The monoisotopic (exact) mass is 184 g/mol. The summed E-state index contributed by atoms with van der Waals surface area (Å²) in [6.45, 7) is 10.5. The lowest BCUT2D eigenvalue weighted by Crippen LogP contribution is -2.47. The van der Waals surface area contributed by atoms with Gasteiger partial charge in [-0.2, -0.15) is 0 Å². The molecule has 0 spiro atoms. The van der Waals surface area contributed by atoms with Crippen LogP contribution in [0.3, 0.4) is 0 Å². The van der Waals surface area contributed by atoms with Crippen LogP contribution in [0, 0.1) is 0 Å². The Bertz CT molecular complexity index is 136. The second kappa shape index (κ2) is 5.61. The molecule has 0 aromatic heterocycles. The molecule has 0 saturated carbocycles. The van der Waals surface area contributed by atoms with E-state index in [1.807, 2.05) is 0 Å². The minimum atomic E-state index is 0.771. The van der Waals surface area contributed by atoms with Crippen molar-refractivity contribution in [1.29, 1.82) is 0 Å². The number of hydrogen-bond acceptors (Lipinski definition) is 2. The number of nitrogens with one attached hydrogen (secondary N) is 1. The summed E-state index contributed by atoms with van der Waals surface area (Å²) in [5.74, 6) is 0. The van der Waals surface area contributed by atoms with E-state index in [4.69, 9.17) is 0 Å². The first-order valence-corrected chi connectivity index (χ1v) is 5.75. The third kappa shape index (κ3) is 3.28. The molecule has 1 fully saturated rings. The van der Waals surface area contributed by atoms with Crippen LogP contribution >= 0.6 is 0 Å². The SMILES string of the molecule is CCCN1CCC(NCC)CC1C. The van der Waals surface area contributed by atoms with Crippen molar-refractivity contribution in [3.63, 3.8) is 0 Å². The van der Waals surface area contributed by atoms with E-state index in [1.54, 1.807) is 0 Å². The Balaban J connectivity index is 2.28. The quantitative estimate of drug-likeness (QED) is 0.717. The van der Waals surface area contributed by atoms with Gasteiger partial charge >= 0.3 is 0 Å². The van der Waals surface area contributed by atoms with Gasteiger partial charge in [0.1, 0.15) is 0 Å². The van der Waals surface area contributed by atoms with Gasteiger partial charge in [0.2, 0.25) is 0 Å². The van der Waals surface area contributed by atoms with Gasteiger partial charge in [-0.1, -0.05) is 13.8 Å². The molecule has 1 N–H and O–H groups in total. The van der Waals surface area contributed by atoms with Gasteiger partial charge in [0.25, 0.3) is 0 Å². The van der Waals surface area contributed by atoms with Crippen molar-refractivity contribution in [2.45, 2.75) is 52.1 Å². The molecule has 1 heterocycles. The Morgan fingerprint density at radius 1 is 1.38 bits per heavy atom. The lowest BCUT2D eigenvalue weighted by Gasteiger charge is -2.37. The molecule has 0 amide bonds. The molecule has 78 valence electrons.